The lowest BCUT2D eigenvalue weighted by atomic mass is 10.1. The van der Waals surface area contributed by atoms with Gasteiger partial charge in [-0.05, 0) is 62.3 Å². The fourth-order valence-corrected chi connectivity index (χ4v) is 4.00. The lowest BCUT2D eigenvalue weighted by molar-refractivity contribution is -0.138. The van der Waals surface area contributed by atoms with Crippen LogP contribution in [0, 0.1) is 12.8 Å². The highest BCUT2D eigenvalue weighted by atomic mass is 16.4. The summed E-state index contributed by atoms with van der Waals surface area (Å²) in [4.78, 5) is 37.2. The zero-order chi connectivity index (χ0) is 20.3. The highest BCUT2D eigenvalue weighted by Gasteiger charge is 2.38. The average Bonchev–Trinajstić information content (AvgIpc) is 3.37. The maximum Gasteiger partial charge on any atom is 0.304 e. The Morgan fingerprint density at radius 3 is 2.46 bits per heavy atom. The minimum atomic E-state index is -0.759. The summed E-state index contributed by atoms with van der Waals surface area (Å²) in [5, 5.41) is 14.9. The fraction of sp³-hybridized carbons (Fsp3) is 0.571. The lowest BCUT2D eigenvalue weighted by Crippen LogP contribution is -2.44. The molecule has 28 heavy (non-hydrogen) atoms. The van der Waals surface area contributed by atoms with E-state index in [1.165, 1.54) is 19.8 Å². The van der Waals surface area contributed by atoms with Gasteiger partial charge in [-0.3, -0.25) is 19.3 Å². The molecule has 7 nitrogen and oxygen atoms in total. The van der Waals surface area contributed by atoms with Crippen molar-refractivity contribution in [2.45, 2.75) is 58.0 Å². The third kappa shape index (κ3) is 5.32. The van der Waals surface area contributed by atoms with Gasteiger partial charge in [0.05, 0.1) is 6.42 Å². The number of anilines is 1. The number of nitrogens with one attached hydrogen (secondary N) is 2. The molecule has 0 spiro atoms. The number of hydrogen-bond acceptors (Lipinski definition) is 4. The Morgan fingerprint density at radius 2 is 1.86 bits per heavy atom. The first-order valence-corrected chi connectivity index (χ1v) is 9.97. The minimum absolute atomic E-state index is 0.0687. The van der Waals surface area contributed by atoms with Gasteiger partial charge in [0.25, 0.3) is 5.91 Å². The van der Waals surface area contributed by atoms with Crippen LogP contribution in [0.4, 0.5) is 5.69 Å². The van der Waals surface area contributed by atoms with Crippen LogP contribution >= 0.6 is 0 Å². The molecule has 1 aliphatic carbocycles. The van der Waals surface area contributed by atoms with Gasteiger partial charge in [0.2, 0.25) is 5.91 Å². The number of carboxylic acids is 1. The maximum absolute atomic E-state index is 12.6. The second-order valence-electron chi connectivity index (χ2n) is 8.04. The largest absolute Gasteiger partial charge is 0.481 e. The molecule has 1 heterocycles. The molecule has 0 bridgehead atoms. The molecule has 3 rings (SSSR count). The Kier molecular flexibility index (Phi) is 6.34. The second kappa shape index (κ2) is 8.73. The molecular formula is C21H29N3O4. The van der Waals surface area contributed by atoms with Gasteiger partial charge < -0.3 is 15.7 Å². The van der Waals surface area contributed by atoms with E-state index in [1.807, 2.05) is 6.92 Å². The lowest BCUT2D eigenvalue weighted by Gasteiger charge is -2.29. The quantitative estimate of drug-likeness (QED) is 0.636. The maximum atomic E-state index is 12.6. The second-order valence-corrected chi connectivity index (χ2v) is 8.04. The van der Waals surface area contributed by atoms with Crippen molar-refractivity contribution in [3.05, 3.63) is 29.3 Å². The van der Waals surface area contributed by atoms with E-state index in [-0.39, 0.29) is 30.3 Å². The number of benzene rings is 1. The van der Waals surface area contributed by atoms with Crippen LogP contribution in [0.2, 0.25) is 0 Å². The molecule has 1 saturated carbocycles. The van der Waals surface area contributed by atoms with Crippen molar-refractivity contribution in [3.63, 3.8) is 0 Å². The first-order valence-electron chi connectivity index (χ1n) is 9.97. The van der Waals surface area contributed by atoms with E-state index in [9.17, 15) is 19.5 Å². The van der Waals surface area contributed by atoms with Crippen molar-refractivity contribution in [1.82, 2.24) is 10.2 Å². The molecule has 0 aromatic heterocycles. The smallest absolute Gasteiger partial charge is 0.304 e. The molecule has 0 radical (unpaired) electrons. The van der Waals surface area contributed by atoms with E-state index < -0.39 is 5.97 Å². The van der Waals surface area contributed by atoms with Gasteiger partial charge in [-0.1, -0.05) is 0 Å². The van der Waals surface area contributed by atoms with E-state index in [1.54, 1.807) is 18.2 Å². The zero-order valence-corrected chi connectivity index (χ0v) is 16.5. The van der Waals surface area contributed by atoms with Crippen LogP contribution in [0.25, 0.3) is 0 Å². The summed E-state index contributed by atoms with van der Waals surface area (Å²) >= 11 is 0. The van der Waals surface area contributed by atoms with E-state index in [2.05, 4.69) is 15.5 Å². The van der Waals surface area contributed by atoms with Crippen LogP contribution in [0.1, 0.15) is 54.9 Å². The first kappa shape index (κ1) is 20.3. The number of nitrogens with zero attached hydrogens (tertiary/aromatic N) is 1. The third-order valence-corrected chi connectivity index (χ3v) is 5.64. The SMILES string of the molecule is CC(=O)Nc1ccc(C(=O)NC[C@@H]2CC[C@H](CC(=O)O)N2CC2CC2)cc1C. The summed E-state index contributed by atoms with van der Waals surface area (Å²) in [7, 11) is 0. The van der Waals surface area contributed by atoms with E-state index >= 15 is 0 Å². The monoisotopic (exact) mass is 387 g/mol. The highest BCUT2D eigenvalue weighted by molar-refractivity contribution is 5.96. The molecule has 2 amide bonds. The Morgan fingerprint density at radius 1 is 1.14 bits per heavy atom. The standard InChI is InChI=1S/C21H29N3O4/c1-13-9-16(5-8-19(13)23-14(2)25)21(28)22-11-18-7-6-17(10-20(26)27)24(18)12-15-3-4-15/h5,8-9,15,17-18H,3-4,6-7,10-12H2,1-2H3,(H,22,28)(H,23,25)(H,26,27)/t17-,18+/m1/s1. The van der Waals surface area contributed by atoms with Crippen LogP contribution in [-0.2, 0) is 9.59 Å². The van der Waals surface area contributed by atoms with Crippen molar-refractivity contribution in [1.29, 1.82) is 0 Å². The van der Waals surface area contributed by atoms with E-state index in [0.717, 1.165) is 24.9 Å². The number of rotatable bonds is 8. The number of amides is 2. The van der Waals surface area contributed by atoms with Gasteiger partial charge >= 0.3 is 5.97 Å². The average molecular weight is 387 g/mol. The molecule has 3 N–H and O–H groups in total. The van der Waals surface area contributed by atoms with Gasteiger partial charge in [-0.2, -0.15) is 0 Å². The summed E-state index contributed by atoms with van der Waals surface area (Å²) in [6.45, 7) is 4.76. The summed E-state index contributed by atoms with van der Waals surface area (Å²) in [6.07, 6.45) is 4.38. The minimum Gasteiger partial charge on any atom is -0.481 e. The van der Waals surface area contributed by atoms with Crippen molar-refractivity contribution in [3.8, 4) is 0 Å². The summed E-state index contributed by atoms with van der Waals surface area (Å²) in [6, 6.07) is 5.47. The topological polar surface area (TPSA) is 98.7 Å². The van der Waals surface area contributed by atoms with Crippen LogP contribution in [0.15, 0.2) is 18.2 Å². The predicted molar refractivity (Wildman–Crippen MR) is 106 cm³/mol. The number of hydrogen-bond donors (Lipinski definition) is 3. The molecule has 1 aromatic carbocycles. The molecule has 1 aliphatic heterocycles. The van der Waals surface area contributed by atoms with Gasteiger partial charge in [0, 0.05) is 43.3 Å². The first-order chi connectivity index (χ1) is 13.3. The Balaban J connectivity index is 1.59. The molecular weight excluding hydrogens is 358 g/mol. The molecule has 7 heteroatoms. The van der Waals surface area contributed by atoms with Gasteiger partial charge in [0.1, 0.15) is 0 Å². The van der Waals surface area contributed by atoms with Crippen LogP contribution in [0.3, 0.4) is 0 Å². The Bertz CT molecular complexity index is 760. The molecule has 2 aliphatic rings. The third-order valence-electron chi connectivity index (χ3n) is 5.64. The summed E-state index contributed by atoms with van der Waals surface area (Å²) in [5.41, 5.74) is 2.09. The van der Waals surface area contributed by atoms with Crippen LogP contribution in [-0.4, -0.2) is 53.0 Å². The van der Waals surface area contributed by atoms with Crippen molar-refractivity contribution in [2.75, 3.05) is 18.4 Å². The van der Waals surface area contributed by atoms with Crippen LogP contribution < -0.4 is 10.6 Å². The normalized spacial score (nSPS) is 22.1. The molecule has 2 atom stereocenters. The number of carboxylic acid groups (broad SMARTS) is 1. The van der Waals surface area contributed by atoms with E-state index in [4.69, 9.17) is 0 Å². The fourth-order valence-electron chi connectivity index (χ4n) is 4.00. The number of carbonyl (C=O) groups is 3. The van der Waals surface area contributed by atoms with E-state index in [0.29, 0.717) is 23.7 Å². The van der Waals surface area contributed by atoms with Gasteiger partial charge in [-0.15, -0.1) is 0 Å². The molecule has 152 valence electrons. The summed E-state index contributed by atoms with van der Waals surface area (Å²) < 4.78 is 0. The predicted octanol–water partition coefficient (Wildman–Crippen LogP) is 2.40. The van der Waals surface area contributed by atoms with Crippen molar-refractivity contribution in [2.24, 2.45) is 5.92 Å². The number of likely N-dealkylation sites (tertiary alicyclic amines) is 1. The van der Waals surface area contributed by atoms with Gasteiger partial charge in [-0.25, -0.2) is 0 Å². The molecule has 1 aromatic rings. The Labute approximate surface area is 165 Å². The van der Waals surface area contributed by atoms with Gasteiger partial charge in [0.15, 0.2) is 0 Å². The molecule has 2 fully saturated rings. The van der Waals surface area contributed by atoms with Crippen molar-refractivity contribution < 1.29 is 19.5 Å². The number of aliphatic carboxylic acids is 1. The Hall–Kier alpha value is -2.41. The number of carbonyl (C=O) groups excluding carboxylic acids is 2. The summed E-state index contributed by atoms with van der Waals surface area (Å²) in [5.74, 6) is -0.375. The molecule has 0 unspecified atom stereocenters. The number of aryl methyl sites for hydroxylation is 1. The van der Waals surface area contributed by atoms with Crippen molar-refractivity contribution >= 4 is 23.5 Å². The zero-order valence-electron chi connectivity index (χ0n) is 16.5. The molecule has 1 saturated heterocycles. The van der Waals surface area contributed by atoms with Crippen LogP contribution in [0.5, 0.6) is 0 Å². The highest BCUT2D eigenvalue weighted by Crippen LogP contribution is 2.35.